The highest BCUT2D eigenvalue weighted by molar-refractivity contribution is 7.21. The Kier molecular flexibility index (Phi) is 4.47. The molecule has 0 spiro atoms. The summed E-state index contributed by atoms with van der Waals surface area (Å²) >= 11 is 1.48. The molecule has 130 valence electrons. The van der Waals surface area contributed by atoms with Crippen molar-refractivity contribution in [2.45, 2.75) is 33.2 Å². The van der Waals surface area contributed by atoms with Gasteiger partial charge in [0.1, 0.15) is 16.2 Å². The Morgan fingerprint density at radius 1 is 1.28 bits per heavy atom. The van der Waals surface area contributed by atoms with E-state index in [1.54, 1.807) is 27.7 Å². The van der Waals surface area contributed by atoms with E-state index in [0.29, 0.717) is 16.0 Å². The van der Waals surface area contributed by atoms with Crippen LogP contribution in [-0.4, -0.2) is 22.1 Å². The third-order valence-electron chi connectivity index (χ3n) is 4.13. The Balaban J connectivity index is 2.20. The predicted molar refractivity (Wildman–Crippen MR) is 100 cm³/mol. The van der Waals surface area contributed by atoms with Crippen LogP contribution in [0.15, 0.2) is 41.2 Å². The van der Waals surface area contributed by atoms with Gasteiger partial charge in [0.25, 0.3) is 5.56 Å². The van der Waals surface area contributed by atoms with Crippen molar-refractivity contribution in [2.75, 3.05) is 6.61 Å². The number of carbonyl (C=O) groups is 1. The number of fused-ring (bicyclic) bond motifs is 1. The van der Waals surface area contributed by atoms with Crippen LogP contribution in [0, 0.1) is 6.92 Å². The molecule has 3 rings (SSSR count). The van der Waals surface area contributed by atoms with Gasteiger partial charge in [0.15, 0.2) is 0 Å². The first kappa shape index (κ1) is 17.4. The van der Waals surface area contributed by atoms with Crippen molar-refractivity contribution >= 4 is 27.5 Å². The van der Waals surface area contributed by atoms with Crippen molar-refractivity contribution in [3.63, 3.8) is 0 Å². The summed E-state index contributed by atoms with van der Waals surface area (Å²) in [6, 6.07) is 11.7. The fraction of sp³-hybridized carbons (Fsp3) is 0.316. The van der Waals surface area contributed by atoms with Gasteiger partial charge in [-0.3, -0.25) is 9.36 Å². The highest BCUT2D eigenvalue weighted by Gasteiger charge is 2.34. The minimum absolute atomic E-state index is 0.223. The normalized spacial score (nSPS) is 11.7. The first-order valence-electron chi connectivity index (χ1n) is 8.12. The van der Waals surface area contributed by atoms with Crippen molar-refractivity contribution < 1.29 is 9.53 Å². The molecule has 0 amide bonds. The summed E-state index contributed by atoms with van der Waals surface area (Å²) in [6.07, 6.45) is 0. The summed E-state index contributed by atoms with van der Waals surface area (Å²) in [7, 11) is 0. The lowest BCUT2D eigenvalue weighted by Crippen LogP contribution is -2.45. The molecule has 0 aliphatic rings. The molecule has 25 heavy (non-hydrogen) atoms. The van der Waals surface area contributed by atoms with Crippen molar-refractivity contribution in [3.05, 3.63) is 52.6 Å². The number of benzene rings is 1. The third-order valence-corrected chi connectivity index (χ3v) is 5.20. The Hall–Kier alpha value is -2.47. The molecule has 6 heteroatoms. The number of ether oxygens (including phenoxy) is 1. The summed E-state index contributed by atoms with van der Waals surface area (Å²) in [5.74, 6) is 0.0527. The number of carbonyl (C=O) groups excluding carboxylic acids is 1. The molecule has 0 radical (unpaired) electrons. The van der Waals surface area contributed by atoms with Crippen LogP contribution in [-0.2, 0) is 15.1 Å². The number of thiophene rings is 1. The molecule has 0 saturated heterocycles. The van der Waals surface area contributed by atoms with Crippen molar-refractivity contribution in [1.29, 1.82) is 0 Å². The third kappa shape index (κ3) is 2.98. The monoisotopic (exact) mass is 356 g/mol. The van der Waals surface area contributed by atoms with Crippen molar-refractivity contribution in [1.82, 2.24) is 9.55 Å². The minimum atomic E-state index is -1.12. The number of hydrogen-bond donors (Lipinski definition) is 0. The maximum absolute atomic E-state index is 13.1. The highest BCUT2D eigenvalue weighted by Crippen LogP contribution is 2.31. The second-order valence-electron chi connectivity index (χ2n) is 6.27. The van der Waals surface area contributed by atoms with Crippen LogP contribution in [0.2, 0.25) is 0 Å². The van der Waals surface area contributed by atoms with Crippen LogP contribution >= 0.6 is 11.3 Å². The number of esters is 1. The van der Waals surface area contributed by atoms with Gasteiger partial charge < -0.3 is 4.74 Å². The van der Waals surface area contributed by atoms with E-state index in [-0.39, 0.29) is 12.2 Å². The molecule has 2 aromatic heterocycles. The highest BCUT2D eigenvalue weighted by atomic mass is 32.1. The SMILES string of the molecule is CCOC(=O)C(C)(C)n1c(C)nc2sc(-c3ccccc3)cc2c1=O. The summed E-state index contributed by atoms with van der Waals surface area (Å²) in [6.45, 7) is 7.11. The zero-order valence-corrected chi connectivity index (χ0v) is 15.5. The maximum atomic E-state index is 13.1. The van der Waals surface area contributed by atoms with Gasteiger partial charge in [0, 0.05) is 4.88 Å². The summed E-state index contributed by atoms with van der Waals surface area (Å²) in [5, 5.41) is 0.520. The number of nitrogens with zero attached hydrogens (tertiary/aromatic N) is 2. The van der Waals surface area contributed by atoms with E-state index in [2.05, 4.69) is 4.98 Å². The molecular weight excluding hydrogens is 336 g/mol. The molecular formula is C19H20N2O3S. The molecule has 5 nitrogen and oxygen atoms in total. The fourth-order valence-electron chi connectivity index (χ4n) is 2.88. The van der Waals surface area contributed by atoms with E-state index in [0.717, 1.165) is 10.4 Å². The van der Waals surface area contributed by atoms with E-state index in [1.807, 2.05) is 36.4 Å². The Labute approximate surface area is 149 Å². The van der Waals surface area contributed by atoms with E-state index >= 15 is 0 Å². The first-order chi connectivity index (χ1) is 11.9. The predicted octanol–water partition coefficient (Wildman–Crippen LogP) is 3.73. The number of hydrogen-bond acceptors (Lipinski definition) is 5. The van der Waals surface area contributed by atoms with Crippen LogP contribution in [0.4, 0.5) is 0 Å². The van der Waals surface area contributed by atoms with E-state index < -0.39 is 11.5 Å². The van der Waals surface area contributed by atoms with E-state index in [4.69, 9.17) is 4.74 Å². The number of aromatic nitrogens is 2. The largest absolute Gasteiger partial charge is 0.464 e. The van der Waals surface area contributed by atoms with E-state index in [9.17, 15) is 9.59 Å². The standard InChI is InChI=1S/C19H20N2O3S/c1-5-24-18(23)19(3,4)21-12(2)20-16-14(17(21)22)11-15(25-16)13-9-7-6-8-10-13/h6-11H,5H2,1-4H3. The fourth-order valence-corrected chi connectivity index (χ4v) is 3.96. The Morgan fingerprint density at radius 2 is 1.96 bits per heavy atom. The second kappa shape index (κ2) is 6.44. The topological polar surface area (TPSA) is 61.2 Å². The molecule has 1 aromatic carbocycles. The van der Waals surface area contributed by atoms with Crippen LogP contribution in [0.1, 0.15) is 26.6 Å². The molecule has 0 N–H and O–H groups in total. The summed E-state index contributed by atoms with van der Waals surface area (Å²) in [4.78, 5) is 31.6. The lowest BCUT2D eigenvalue weighted by molar-refractivity contribution is -0.152. The van der Waals surface area contributed by atoms with Gasteiger partial charge in [-0.25, -0.2) is 9.78 Å². The van der Waals surface area contributed by atoms with Gasteiger partial charge in [0.2, 0.25) is 0 Å². The van der Waals surface area contributed by atoms with Gasteiger partial charge in [0.05, 0.1) is 12.0 Å². The molecule has 0 unspecified atom stereocenters. The van der Waals surface area contributed by atoms with Gasteiger partial charge in [-0.15, -0.1) is 11.3 Å². The van der Waals surface area contributed by atoms with E-state index in [1.165, 1.54) is 15.9 Å². The lowest BCUT2D eigenvalue weighted by atomic mass is 10.0. The average Bonchev–Trinajstić information content (AvgIpc) is 3.00. The van der Waals surface area contributed by atoms with Crippen LogP contribution < -0.4 is 5.56 Å². The number of rotatable bonds is 4. The minimum Gasteiger partial charge on any atom is -0.464 e. The smallest absolute Gasteiger partial charge is 0.331 e. The maximum Gasteiger partial charge on any atom is 0.331 e. The molecule has 0 aliphatic heterocycles. The van der Waals surface area contributed by atoms with Gasteiger partial charge in [-0.05, 0) is 39.3 Å². The summed E-state index contributed by atoms with van der Waals surface area (Å²) in [5.41, 5.74) is -0.300. The lowest BCUT2D eigenvalue weighted by Gasteiger charge is -2.26. The molecule has 2 heterocycles. The zero-order valence-electron chi connectivity index (χ0n) is 14.7. The Bertz CT molecular complexity index is 987. The van der Waals surface area contributed by atoms with Crippen LogP contribution in [0.3, 0.4) is 0 Å². The van der Waals surface area contributed by atoms with Gasteiger partial charge >= 0.3 is 5.97 Å². The first-order valence-corrected chi connectivity index (χ1v) is 8.94. The molecule has 0 saturated carbocycles. The molecule has 0 bridgehead atoms. The summed E-state index contributed by atoms with van der Waals surface area (Å²) < 4.78 is 6.56. The molecule has 3 aromatic rings. The zero-order chi connectivity index (χ0) is 18.2. The van der Waals surface area contributed by atoms with Gasteiger partial charge in [-0.2, -0.15) is 0 Å². The number of aryl methyl sites for hydroxylation is 1. The molecule has 0 fully saturated rings. The molecule has 0 aliphatic carbocycles. The second-order valence-corrected chi connectivity index (χ2v) is 7.31. The Morgan fingerprint density at radius 3 is 2.60 bits per heavy atom. The average molecular weight is 356 g/mol. The van der Waals surface area contributed by atoms with Crippen molar-refractivity contribution in [2.24, 2.45) is 0 Å². The van der Waals surface area contributed by atoms with Crippen molar-refractivity contribution in [3.8, 4) is 10.4 Å². The quantitative estimate of drug-likeness (QED) is 0.668. The molecule has 0 atom stereocenters. The van der Waals surface area contributed by atoms with Crippen LogP contribution in [0.5, 0.6) is 0 Å². The van der Waals surface area contributed by atoms with Gasteiger partial charge in [-0.1, -0.05) is 30.3 Å². The van der Waals surface area contributed by atoms with Crippen LogP contribution in [0.25, 0.3) is 20.7 Å².